The zero-order chi connectivity index (χ0) is 21.5. The minimum atomic E-state index is 0.174. The molecule has 3 aliphatic rings. The number of hydrogen-bond acceptors (Lipinski definition) is 2. The van der Waals surface area contributed by atoms with E-state index >= 15 is 0 Å². The number of hydrogen-bond donors (Lipinski definition) is 0. The first-order chi connectivity index (χ1) is 15.8. The van der Waals surface area contributed by atoms with Crippen LogP contribution in [0.4, 0.5) is 0 Å². The molecule has 1 saturated heterocycles. The monoisotopic (exact) mass is 428 g/mol. The van der Waals surface area contributed by atoms with Gasteiger partial charge in [0.05, 0.1) is 19.3 Å². The van der Waals surface area contributed by atoms with Gasteiger partial charge in [-0.25, -0.2) is 0 Å². The van der Waals surface area contributed by atoms with Crippen molar-refractivity contribution < 1.29 is 9.53 Å². The van der Waals surface area contributed by atoms with Gasteiger partial charge in [-0.05, 0) is 62.1 Å². The summed E-state index contributed by atoms with van der Waals surface area (Å²) in [5.41, 5.74) is 3.87. The Bertz CT molecular complexity index is 1090. The van der Waals surface area contributed by atoms with Gasteiger partial charge in [0.1, 0.15) is 0 Å². The normalized spacial score (nSPS) is 26.4. The first kappa shape index (κ1) is 20.0. The van der Waals surface area contributed by atoms with E-state index in [2.05, 4.69) is 70.1 Å². The number of fused-ring (bicyclic) bond motifs is 1. The number of morpholine rings is 1. The molecule has 0 bridgehead atoms. The van der Waals surface area contributed by atoms with Crippen molar-refractivity contribution in [2.24, 2.45) is 11.8 Å². The van der Waals surface area contributed by atoms with Crippen LogP contribution in [-0.2, 0) is 9.53 Å². The summed E-state index contributed by atoms with van der Waals surface area (Å²) in [4.78, 5) is 15.6. The van der Waals surface area contributed by atoms with Crippen LogP contribution >= 0.6 is 0 Å². The van der Waals surface area contributed by atoms with E-state index in [9.17, 15) is 4.79 Å². The lowest BCUT2D eigenvalue weighted by molar-refractivity contribution is -0.146. The maximum absolute atomic E-state index is 13.5. The van der Waals surface area contributed by atoms with Crippen LogP contribution in [0.2, 0.25) is 0 Å². The summed E-state index contributed by atoms with van der Waals surface area (Å²) in [6.45, 7) is 2.21. The number of rotatable bonds is 4. The van der Waals surface area contributed by atoms with Crippen LogP contribution < -0.4 is 0 Å². The highest BCUT2D eigenvalue weighted by Crippen LogP contribution is 2.41. The van der Waals surface area contributed by atoms with Crippen molar-refractivity contribution in [1.82, 2.24) is 9.47 Å². The van der Waals surface area contributed by atoms with Crippen LogP contribution in [0.15, 0.2) is 60.7 Å². The Labute approximate surface area is 190 Å². The lowest BCUT2D eigenvalue weighted by Crippen LogP contribution is -2.52. The molecule has 4 heteroatoms. The molecule has 1 aliphatic heterocycles. The van der Waals surface area contributed by atoms with Gasteiger partial charge in [0, 0.05) is 35.1 Å². The molecule has 4 nitrogen and oxygen atoms in total. The van der Waals surface area contributed by atoms with Crippen LogP contribution in [0, 0.1) is 11.8 Å². The van der Waals surface area contributed by atoms with Crippen LogP contribution in [0.5, 0.6) is 0 Å². The molecule has 2 aromatic carbocycles. The minimum Gasteiger partial charge on any atom is -0.377 e. The van der Waals surface area contributed by atoms with E-state index in [1.165, 1.54) is 35.0 Å². The molecule has 1 amide bonds. The Balaban J connectivity index is 1.23. The highest BCUT2D eigenvalue weighted by atomic mass is 16.5. The van der Waals surface area contributed by atoms with E-state index in [0.29, 0.717) is 30.5 Å². The number of ether oxygens (including phenoxy) is 1. The van der Waals surface area contributed by atoms with E-state index in [1.807, 2.05) is 0 Å². The minimum absolute atomic E-state index is 0.174. The molecule has 32 heavy (non-hydrogen) atoms. The van der Waals surface area contributed by atoms with Crippen molar-refractivity contribution in [3.8, 4) is 11.3 Å². The number of amides is 1. The van der Waals surface area contributed by atoms with E-state index in [1.54, 1.807) is 0 Å². The molecule has 166 valence electrons. The molecule has 2 saturated carbocycles. The smallest absolute Gasteiger partial charge is 0.226 e. The molecule has 1 atom stereocenters. The first-order valence-corrected chi connectivity index (χ1v) is 12.3. The average molecular weight is 429 g/mol. The van der Waals surface area contributed by atoms with Crippen molar-refractivity contribution in [2.75, 3.05) is 19.8 Å². The Morgan fingerprint density at radius 2 is 1.62 bits per heavy atom. The van der Waals surface area contributed by atoms with Crippen molar-refractivity contribution in [2.45, 2.75) is 50.6 Å². The molecule has 3 fully saturated rings. The summed E-state index contributed by atoms with van der Waals surface area (Å²) in [7, 11) is 0. The molecule has 6 rings (SSSR count). The largest absolute Gasteiger partial charge is 0.377 e. The molecule has 1 aromatic heterocycles. The quantitative estimate of drug-likeness (QED) is 0.536. The predicted molar refractivity (Wildman–Crippen MR) is 127 cm³/mol. The maximum Gasteiger partial charge on any atom is 0.226 e. The van der Waals surface area contributed by atoms with E-state index in [-0.39, 0.29) is 5.92 Å². The van der Waals surface area contributed by atoms with Crippen molar-refractivity contribution >= 4 is 16.8 Å². The summed E-state index contributed by atoms with van der Waals surface area (Å²) in [5, 5.41) is 1.30. The summed E-state index contributed by atoms with van der Waals surface area (Å²) < 4.78 is 8.26. The number of para-hydroxylation sites is 1. The molecule has 1 unspecified atom stereocenters. The van der Waals surface area contributed by atoms with Crippen LogP contribution in [0.25, 0.3) is 22.2 Å². The fourth-order valence-electron chi connectivity index (χ4n) is 5.98. The third kappa shape index (κ3) is 3.65. The van der Waals surface area contributed by atoms with E-state index in [0.717, 1.165) is 38.8 Å². The Morgan fingerprint density at radius 1 is 0.875 bits per heavy atom. The number of carbonyl (C=O) groups is 1. The SMILES string of the molecule is O=C(C1CCC(n2c(-c3ccccc3)cc3ccccc32)CC1)N1CCOCC1C1CC1. The standard InChI is InChI=1S/C28H32N2O2/c31-28(29-16-17-32-19-27(29)21-10-11-21)22-12-14-24(15-13-22)30-25-9-5-4-8-23(25)18-26(30)20-6-2-1-3-7-20/h1-9,18,21-22,24,27H,10-17,19H2. The first-order valence-electron chi connectivity index (χ1n) is 12.3. The third-order valence-corrected chi connectivity index (χ3v) is 7.84. The lowest BCUT2D eigenvalue weighted by Gasteiger charge is -2.40. The summed E-state index contributed by atoms with van der Waals surface area (Å²) >= 11 is 0. The van der Waals surface area contributed by atoms with Crippen LogP contribution in [-0.4, -0.2) is 41.2 Å². The maximum atomic E-state index is 13.5. The van der Waals surface area contributed by atoms with Crippen LogP contribution in [0.3, 0.4) is 0 Å². The molecular weight excluding hydrogens is 396 g/mol. The van der Waals surface area contributed by atoms with E-state index in [4.69, 9.17) is 4.74 Å². The van der Waals surface area contributed by atoms with Gasteiger partial charge >= 0.3 is 0 Å². The second-order valence-electron chi connectivity index (χ2n) is 9.84. The highest BCUT2D eigenvalue weighted by molar-refractivity contribution is 5.87. The van der Waals surface area contributed by atoms with E-state index < -0.39 is 0 Å². The van der Waals surface area contributed by atoms with Gasteiger partial charge in [-0.1, -0.05) is 48.5 Å². The summed E-state index contributed by atoms with van der Waals surface area (Å²) in [6, 6.07) is 22.5. The van der Waals surface area contributed by atoms with Gasteiger partial charge in [-0.2, -0.15) is 0 Å². The molecular formula is C28H32N2O2. The zero-order valence-electron chi connectivity index (χ0n) is 18.7. The third-order valence-electron chi connectivity index (χ3n) is 7.84. The van der Waals surface area contributed by atoms with Gasteiger partial charge in [-0.15, -0.1) is 0 Å². The van der Waals surface area contributed by atoms with Crippen molar-refractivity contribution in [1.29, 1.82) is 0 Å². The molecule has 0 radical (unpaired) electrons. The summed E-state index contributed by atoms with van der Waals surface area (Å²) in [5.74, 6) is 1.24. The molecule has 2 heterocycles. The van der Waals surface area contributed by atoms with Gasteiger partial charge < -0.3 is 14.2 Å². The molecule has 3 aromatic rings. The fraction of sp³-hybridized carbons (Fsp3) is 0.464. The average Bonchev–Trinajstić information content (AvgIpc) is 3.64. The predicted octanol–water partition coefficient (Wildman–Crippen LogP) is 5.68. The zero-order valence-corrected chi connectivity index (χ0v) is 18.7. The Kier molecular flexibility index (Phi) is 5.26. The lowest BCUT2D eigenvalue weighted by atomic mass is 9.84. The molecule has 2 aliphatic carbocycles. The van der Waals surface area contributed by atoms with Crippen molar-refractivity contribution in [3.05, 3.63) is 60.7 Å². The van der Waals surface area contributed by atoms with Crippen LogP contribution in [0.1, 0.15) is 44.6 Å². The number of carbonyl (C=O) groups excluding carboxylic acids is 1. The number of benzene rings is 2. The second-order valence-corrected chi connectivity index (χ2v) is 9.84. The topological polar surface area (TPSA) is 34.5 Å². The second kappa shape index (κ2) is 8.40. The van der Waals surface area contributed by atoms with Gasteiger partial charge in [0.25, 0.3) is 0 Å². The Hall–Kier alpha value is -2.59. The van der Waals surface area contributed by atoms with Gasteiger partial charge in [-0.3, -0.25) is 4.79 Å². The van der Waals surface area contributed by atoms with Gasteiger partial charge in [0.2, 0.25) is 5.91 Å². The number of nitrogens with zero attached hydrogens (tertiary/aromatic N) is 2. The molecule has 0 N–H and O–H groups in total. The van der Waals surface area contributed by atoms with Crippen molar-refractivity contribution in [3.63, 3.8) is 0 Å². The Morgan fingerprint density at radius 3 is 2.41 bits per heavy atom. The fourth-order valence-corrected chi connectivity index (χ4v) is 5.98. The summed E-state index contributed by atoms with van der Waals surface area (Å²) in [6.07, 6.45) is 6.61. The number of aromatic nitrogens is 1. The molecule has 0 spiro atoms. The highest BCUT2D eigenvalue weighted by Gasteiger charge is 2.41. The van der Waals surface area contributed by atoms with Gasteiger partial charge in [0.15, 0.2) is 0 Å².